The van der Waals surface area contributed by atoms with E-state index in [2.05, 4.69) is 11.1 Å². The van der Waals surface area contributed by atoms with Crippen molar-refractivity contribution in [2.24, 2.45) is 0 Å². The molecule has 0 unspecified atom stereocenters. The van der Waals surface area contributed by atoms with E-state index in [9.17, 15) is 0 Å². The fraction of sp³-hybridized carbons (Fsp3) is 0.545. The van der Waals surface area contributed by atoms with E-state index in [-0.39, 0.29) is 0 Å². The molecular formula is C11H14ClN. The highest BCUT2D eigenvalue weighted by Gasteiger charge is 2.17. The lowest BCUT2D eigenvalue weighted by Crippen LogP contribution is -1.94. The molecule has 0 N–H and O–H groups in total. The molecule has 70 valence electrons. The molecule has 0 radical (unpaired) electrons. The van der Waals surface area contributed by atoms with Gasteiger partial charge in [-0.25, -0.2) is 0 Å². The number of nitrogens with zero attached hydrogens (tertiary/aromatic N) is 1. The molecule has 1 aliphatic carbocycles. The Morgan fingerprint density at radius 2 is 2.08 bits per heavy atom. The van der Waals surface area contributed by atoms with Crippen molar-refractivity contribution in [3.8, 4) is 0 Å². The summed E-state index contributed by atoms with van der Waals surface area (Å²) in [5.41, 5.74) is 2.53. The summed E-state index contributed by atoms with van der Waals surface area (Å²) in [7, 11) is 0. The molecule has 0 atom stereocenters. The van der Waals surface area contributed by atoms with Crippen molar-refractivity contribution < 1.29 is 0 Å². The Hall–Kier alpha value is -0.560. The summed E-state index contributed by atoms with van der Waals surface area (Å²) in [4.78, 5) is 4.22. The molecule has 2 rings (SSSR count). The van der Waals surface area contributed by atoms with E-state index in [0.29, 0.717) is 5.88 Å². The molecule has 0 bridgehead atoms. The number of rotatable bonds is 2. The molecule has 2 heteroatoms. The van der Waals surface area contributed by atoms with E-state index in [4.69, 9.17) is 11.6 Å². The molecule has 0 spiro atoms. The van der Waals surface area contributed by atoms with Gasteiger partial charge in [-0.15, -0.1) is 11.6 Å². The Morgan fingerprint density at radius 3 is 2.77 bits per heavy atom. The van der Waals surface area contributed by atoms with Crippen LogP contribution in [0.5, 0.6) is 0 Å². The summed E-state index contributed by atoms with van der Waals surface area (Å²) < 4.78 is 0. The summed E-state index contributed by atoms with van der Waals surface area (Å²) in [6.45, 7) is 0. The molecule has 1 nitrogen and oxygen atoms in total. The number of alkyl halides is 1. The van der Waals surface area contributed by atoms with Gasteiger partial charge in [-0.3, -0.25) is 4.98 Å². The third kappa shape index (κ3) is 2.02. The topological polar surface area (TPSA) is 12.9 Å². The molecule has 0 amide bonds. The number of pyridine rings is 1. The van der Waals surface area contributed by atoms with Crippen molar-refractivity contribution in [1.29, 1.82) is 0 Å². The van der Waals surface area contributed by atoms with E-state index in [0.717, 1.165) is 11.5 Å². The summed E-state index contributed by atoms with van der Waals surface area (Å²) in [5.74, 6) is 1.32. The summed E-state index contributed by atoms with van der Waals surface area (Å²) in [6, 6.07) is 2.20. The van der Waals surface area contributed by atoms with Crippen LogP contribution in [0.3, 0.4) is 0 Å². The second-order valence-corrected chi connectivity index (χ2v) is 4.01. The zero-order valence-corrected chi connectivity index (χ0v) is 8.43. The predicted molar refractivity (Wildman–Crippen MR) is 55.0 cm³/mol. The van der Waals surface area contributed by atoms with Gasteiger partial charge >= 0.3 is 0 Å². The maximum atomic E-state index is 5.77. The van der Waals surface area contributed by atoms with Crippen molar-refractivity contribution in [3.05, 3.63) is 29.6 Å². The normalized spacial score (nSPS) is 17.9. The minimum absolute atomic E-state index is 0.577. The summed E-state index contributed by atoms with van der Waals surface area (Å²) in [5, 5.41) is 0. The van der Waals surface area contributed by atoms with Crippen LogP contribution in [-0.4, -0.2) is 4.98 Å². The van der Waals surface area contributed by atoms with E-state index >= 15 is 0 Å². The standard InChI is InChI=1S/C11H14ClN/c12-6-9-5-11(8-13-7-9)10-3-1-2-4-10/h5,7-8,10H,1-4,6H2. The maximum Gasteiger partial charge on any atom is 0.0489 e. The van der Waals surface area contributed by atoms with Crippen LogP contribution >= 0.6 is 11.6 Å². The van der Waals surface area contributed by atoms with E-state index in [1.807, 2.05) is 12.4 Å². The molecule has 1 saturated carbocycles. The second kappa shape index (κ2) is 4.10. The first-order valence-corrected chi connectivity index (χ1v) is 5.43. The molecule has 1 aliphatic rings. The Labute approximate surface area is 84.1 Å². The van der Waals surface area contributed by atoms with Crippen molar-refractivity contribution in [2.75, 3.05) is 0 Å². The average Bonchev–Trinajstić information content (AvgIpc) is 2.71. The predicted octanol–water partition coefficient (Wildman–Crippen LogP) is 3.48. The van der Waals surface area contributed by atoms with Crippen molar-refractivity contribution in [2.45, 2.75) is 37.5 Å². The maximum absolute atomic E-state index is 5.77. The van der Waals surface area contributed by atoms with Crippen molar-refractivity contribution in [3.63, 3.8) is 0 Å². The first-order valence-electron chi connectivity index (χ1n) is 4.90. The van der Waals surface area contributed by atoms with Crippen molar-refractivity contribution >= 4 is 11.6 Å². The van der Waals surface area contributed by atoms with Gasteiger partial charge in [-0.05, 0) is 29.9 Å². The lowest BCUT2D eigenvalue weighted by atomic mass is 9.99. The van der Waals surface area contributed by atoms with Gasteiger partial charge in [0.1, 0.15) is 0 Å². The summed E-state index contributed by atoms with van der Waals surface area (Å²) in [6.07, 6.45) is 9.24. The lowest BCUT2D eigenvalue weighted by Gasteiger charge is -2.09. The fourth-order valence-corrected chi connectivity index (χ4v) is 2.21. The molecular weight excluding hydrogens is 182 g/mol. The summed E-state index contributed by atoms with van der Waals surface area (Å²) >= 11 is 5.77. The van der Waals surface area contributed by atoms with Gasteiger partial charge in [0.2, 0.25) is 0 Å². The molecule has 0 aromatic carbocycles. The molecule has 0 aliphatic heterocycles. The van der Waals surface area contributed by atoms with Crippen LogP contribution in [-0.2, 0) is 5.88 Å². The molecule has 0 saturated heterocycles. The van der Waals surface area contributed by atoms with Gasteiger partial charge in [0.15, 0.2) is 0 Å². The first-order chi connectivity index (χ1) is 6.40. The number of hydrogen-bond donors (Lipinski definition) is 0. The van der Waals surface area contributed by atoms with Gasteiger partial charge in [0, 0.05) is 18.3 Å². The number of halogens is 1. The number of hydrogen-bond acceptors (Lipinski definition) is 1. The largest absolute Gasteiger partial charge is 0.264 e. The minimum atomic E-state index is 0.577. The molecule has 13 heavy (non-hydrogen) atoms. The molecule has 1 fully saturated rings. The van der Waals surface area contributed by atoms with E-state index < -0.39 is 0 Å². The first kappa shape index (κ1) is 9.01. The van der Waals surface area contributed by atoms with Crippen LogP contribution in [0.1, 0.15) is 42.7 Å². The van der Waals surface area contributed by atoms with Gasteiger partial charge in [0.05, 0.1) is 0 Å². The SMILES string of the molecule is ClCc1cncc(C2CCCC2)c1. The third-order valence-electron chi connectivity index (χ3n) is 2.80. The second-order valence-electron chi connectivity index (χ2n) is 3.74. The van der Waals surface area contributed by atoms with Crippen LogP contribution in [0.25, 0.3) is 0 Å². The molecule has 1 aromatic heterocycles. The van der Waals surface area contributed by atoms with E-state index in [1.165, 1.54) is 31.2 Å². The average molecular weight is 196 g/mol. The zero-order chi connectivity index (χ0) is 9.10. The highest BCUT2D eigenvalue weighted by molar-refractivity contribution is 6.17. The highest BCUT2D eigenvalue weighted by Crippen LogP contribution is 2.33. The Balaban J connectivity index is 2.18. The van der Waals surface area contributed by atoms with Crippen LogP contribution in [0, 0.1) is 0 Å². The van der Waals surface area contributed by atoms with Gasteiger partial charge in [-0.1, -0.05) is 18.9 Å². The zero-order valence-electron chi connectivity index (χ0n) is 7.67. The molecule has 1 aromatic rings. The number of aromatic nitrogens is 1. The lowest BCUT2D eigenvalue weighted by molar-refractivity contribution is 0.718. The van der Waals surface area contributed by atoms with Crippen molar-refractivity contribution in [1.82, 2.24) is 4.98 Å². The van der Waals surface area contributed by atoms with Gasteiger partial charge in [-0.2, -0.15) is 0 Å². The van der Waals surface area contributed by atoms with Crippen LogP contribution < -0.4 is 0 Å². The van der Waals surface area contributed by atoms with E-state index in [1.54, 1.807) is 0 Å². The van der Waals surface area contributed by atoms with Crippen LogP contribution in [0.15, 0.2) is 18.5 Å². The molecule has 1 heterocycles. The van der Waals surface area contributed by atoms with Crippen LogP contribution in [0.2, 0.25) is 0 Å². The monoisotopic (exact) mass is 195 g/mol. The fourth-order valence-electron chi connectivity index (χ4n) is 2.06. The third-order valence-corrected chi connectivity index (χ3v) is 3.11. The quantitative estimate of drug-likeness (QED) is 0.659. The van der Waals surface area contributed by atoms with Gasteiger partial charge < -0.3 is 0 Å². The Bertz CT molecular complexity index is 279. The smallest absolute Gasteiger partial charge is 0.0489 e. The Kier molecular flexibility index (Phi) is 2.84. The van der Waals surface area contributed by atoms with Gasteiger partial charge in [0.25, 0.3) is 0 Å². The highest BCUT2D eigenvalue weighted by atomic mass is 35.5. The minimum Gasteiger partial charge on any atom is -0.264 e. The van der Waals surface area contributed by atoms with Crippen LogP contribution in [0.4, 0.5) is 0 Å². The Morgan fingerprint density at radius 1 is 1.31 bits per heavy atom.